The minimum atomic E-state index is -0.276. The third kappa shape index (κ3) is 3.01. The van der Waals surface area contributed by atoms with Gasteiger partial charge in [-0.25, -0.2) is 4.39 Å². The van der Waals surface area contributed by atoms with Crippen LogP contribution in [0.25, 0.3) is 11.3 Å². The molecule has 1 aliphatic rings. The molecular formula is C16H19FN4O. The van der Waals surface area contributed by atoms with Crippen molar-refractivity contribution in [3.05, 3.63) is 41.8 Å². The maximum Gasteiger partial charge on any atom is 0.221 e. The molecule has 0 saturated carbocycles. The summed E-state index contributed by atoms with van der Waals surface area (Å²) in [7, 11) is 0. The van der Waals surface area contributed by atoms with E-state index in [9.17, 15) is 9.18 Å². The average molecular weight is 302 g/mol. The Morgan fingerprint density at radius 3 is 3.05 bits per heavy atom. The maximum absolute atomic E-state index is 14.0. The van der Waals surface area contributed by atoms with E-state index in [0.29, 0.717) is 24.3 Å². The number of aromatic amines is 1. The lowest BCUT2D eigenvalue weighted by Crippen LogP contribution is -2.40. The Morgan fingerprint density at radius 2 is 2.27 bits per heavy atom. The highest BCUT2D eigenvalue weighted by Gasteiger charge is 2.25. The standard InChI is InChI=1S/C16H19FN4O/c17-14-6-2-1-5-13(14)15-12(8-19-20-15)10-21-7-3-4-11(9-21)16(18)22/h1-2,5-6,8,11H,3-4,7,9-10H2,(H2,18,22)(H,19,20)/t11-/m0/s1. The van der Waals surface area contributed by atoms with Crippen LogP contribution in [0.15, 0.2) is 30.5 Å². The van der Waals surface area contributed by atoms with Gasteiger partial charge in [0.15, 0.2) is 0 Å². The Kier molecular flexibility index (Phi) is 4.20. The number of benzene rings is 1. The minimum Gasteiger partial charge on any atom is -0.369 e. The number of aromatic nitrogens is 2. The fraction of sp³-hybridized carbons (Fsp3) is 0.375. The number of carbonyl (C=O) groups excluding carboxylic acids is 1. The second-order valence-electron chi connectivity index (χ2n) is 5.73. The predicted molar refractivity (Wildman–Crippen MR) is 81.2 cm³/mol. The highest BCUT2D eigenvalue weighted by molar-refractivity contribution is 5.77. The number of piperidine rings is 1. The summed E-state index contributed by atoms with van der Waals surface area (Å²) in [5, 5.41) is 6.93. The van der Waals surface area contributed by atoms with Crippen LogP contribution in [0.1, 0.15) is 18.4 Å². The van der Waals surface area contributed by atoms with Gasteiger partial charge in [-0.15, -0.1) is 0 Å². The van der Waals surface area contributed by atoms with E-state index in [4.69, 9.17) is 5.73 Å². The number of likely N-dealkylation sites (tertiary alicyclic amines) is 1. The number of hydrogen-bond acceptors (Lipinski definition) is 3. The summed E-state index contributed by atoms with van der Waals surface area (Å²) in [5.41, 5.74) is 7.54. The Bertz CT molecular complexity index is 670. The Labute approximate surface area is 128 Å². The molecule has 116 valence electrons. The molecule has 1 aromatic carbocycles. The van der Waals surface area contributed by atoms with Crippen LogP contribution in [0.4, 0.5) is 4.39 Å². The topological polar surface area (TPSA) is 75.0 Å². The van der Waals surface area contributed by atoms with Gasteiger partial charge in [0.1, 0.15) is 5.82 Å². The molecule has 1 aromatic heterocycles. The van der Waals surface area contributed by atoms with Crippen molar-refractivity contribution in [2.75, 3.05) is 13.1 Å². The summed E-state index contributed by atoms with van der Waals surface area (Å²) >= 11 is 0. The molecule has 0 radical (unpaired) electrons. The largest absolute Gasteiger partial charge is 0.369 e. The number of nitrogens with one attached hydrogen (secondary N) is 1. The molecule has 0 unspecified atom stereocenters. The van der Waals surface area contributed by atoms with Gasteiger partial charge < -0.3 is 5.73 Å². The van der Waals surface area contributed by atoms with Crippen LogP contribution in [-0.2, 0) is 11.3 Å². The molecule has 0 bridgehead atoms. The highest BCUT2D eigenvalue weighted by atomic mass is 19.1. The molecule has 1 amide bonds. The molecule has 3 N–H and O–H groups in total. The van der Waals surface area contributed by atoms with Gasteiger partial charge in [-0.05, 0) is 31.5 Å². The molecule has 1 saturated heterocycles. The number of hydrogen-bond donors (Lipinski definition) is 2. The molecule has 6 heteroatoms. The van der Waals surface area contributed by atoms with Gasteiger partial charge in [0.2, 0.25) is 5.91 Å². The number of halogens is 1. The fourth-order valence-corrected chi connectivity index (χ4v) is 3.00. The van der Waals surface area contributed by atoms with Crippen LogP contribution in [-0.4, -0.2) is 34.1 Å². The van der Waals surface area contributed by atoms with E-state index in [0.717, 1.165) is 24.9 Å². The monoisotopic (exact) mass is 302 g/mol. The van der Waals surface area contributed by atoms with Gasteiger partial charge in [0, 0.05) is 24.2 Å². The van der Waals surface area contributed by atoms with Gasteiger partial charge in [-0.1, -0.05) is 12.1 Å². The maximum atomic E-state index is 14.0. The first kappa shape index (κ1) is 14.7. The van der Waals surface area contributed by atoms with E-state index in [1.54, 1.807) is 24.4 Å². The molecule has 1 fully saturated rings. The minimum absolute atomic E-state index is 0.0995. The van der Waals surface area contributed by atoms with Crippen molar-refractivity contribution in [3.63, 3.8) is 0 Å². The Hall–Kier alpha value is -2.21. The number of primary amides is 1. The first-order valence-corrected chi connectivity index (χ1v) is 7.44. The van der Waals surface area contributed by atoms with Crippen molar-refractivity contribution in [2.45, 2.75) is 19.4 Å². The van der Waals surface area contributed by atoms with E-state index in [2.05, 4.69) is 15.1 Å². The zero-order chi connectivity index (χ0) is 15.5. The van der Waals surface area contributed by atoms with Crippen LogP contribution in [0, 0.1) is 11.7 Å². The van der Waals surface area contributed by atoms with Crippen molar-refractivity contribution in [1.82, 2.24) is 15.1 Å². The van der Waals surface area contributed by atoms with Crippen molar-refractivity contribution >= 4 is 5.91 Å². The lowest BCUT2D eigenvalue weighted by atomic mass is 9.97. The zero-order valence-corrected chi connectivity index (χ0v) is 12.3. The first-order valence-electron chi connectivity index (χ1n) is 7.44. The Morgan fingerprint density at radius 1 is 1.45 bits per heavy atom. The van der Waals surface area contributed by atoms with Gasteiger partial charge in [0.05, 0.1) is 17.8 Å². The second kappa shape index (κ2) is 6.27. The van der Waals surface area contributed by atoms with E-state index < -0.39 is 0 Å². The molecule has 3 rings (SSSR count). The number of rotatable bonds is 4. The molecule has 22 heavy (non-hydrogen) atoms. The van der Waals surface area contributed by atoms with Crippen molar-refractivity contribution in [2.24, 2.45) is 11.7 Å². The van der Waals surface area contributed by atoms with Gasteiger partial charge >= 0.3 is 0 Å². The lowest BCUT2D eigenvalue weighted by molar-refractivity contribution is -0.123. The molecule has 2 heterocycles. The normalized spacial score (nSPS) is 19.2. The third-order valence-electron chi connectivity index (χ3n) is 4.16. The van der Waals surface area contributed by atoms with Crippen molar-refractivity contribution < 1.29 is 9.18 Å². The van der Waals surface area contributed by atoms with E-state index >= 15 is 0 Å². The summed E-state index contributed by atoms with van der Waals surface area (Å²) in [4.78, 5) is 13.5. The van der Waals surface area contributed by atoms with Crippen LogP contribution in [0.5, 0.6) is 0 Å². The van der Waals surface area contributed by atoms with E-state index in [-0.39, 0.29) is 17.6 Å². The zero-order valence-electron chi connectivity index (χ0n) is 12.3. The van der Waals surface area contributed by atoms with E-state index in [1.165, 1.54) is 6.07 Å². The van der Waals surface area contributed by atoms with Gasteiger partial charge in [-0.2, -0.15) is 5.10 Å². The third-order valence-corrected chi connectivity index (χ3v) is 4.16. The molecule has 0 spiro atoms. The molecule has 5 nitrogen and oxygen atoms in total. The molecule has 1 aliphatic heterocycles. The molecule has 2 aromatic rings. The summed E-state index contributed by atoms with van der Waals surface area (Å²) in [6.07, 6.45) is 3.51. The number of nitrogens with zero attached hydrogens (tertiary/aromatic N) is 2. The quantitative estimate of drug-likeness (QED) is 0.906. The summed E-state index contributed by atoms with van der Waals surface area (Å²) < 4.78 is 14.0. The molecule has 1 atom stereocenters. The van der Waals surface area contributed by atoms with Crippen LogP contribution >= 0.6 is 0 Å². The highest BCUT2D eigenvalue weighted by Crippen LogP contribution is 2.26. The SMILES string of the molecule is NC(=O)[C@H]1CCCN(Cc2cn[nH]c2-c2ccccc2F)C1. The second-order valence-corrected chi connectivity index (χ2v) is 5.73. The van der Waals surface area contributed by atoms with Crippen LogP contribution in [0.2, 0.25) is 0 Å². The first-order chi connectivity index (χ1) is 10.6. The van der Waals surface area contributed by atoms with Crippen molar-refractivity contribution in [3.8, 4) is 11.3 Å². The van der Waals surface area contributed by atoms with Crippen LogP contribution in [0.3, 0.4) is 0 Å². The molecule has 0 aliphatic carbocycles. The number of amides is 1. The van der Waals surface area contributed by atoms with Gasteiger partial charge in [0.25, 0.3) is 0 Å². The average Bonchev–Trinajstić information content (AvgIpc) is 2.96. The van der Waals surface area contributed by atoms with E-state index in [1.807, 2.05) is 0 Å². The lowest BCUT2D eigenvalue weighted by Gasteiger charge is -2.31. The smallest absolute Gasteiger partial charge is 0.221 e. The Balaban J connectivity index is 1.78. The van der Waals surface area contributed by atoms with Gasteiger partial charge in [-0.3, -0.25) is 14.8 Å². The molecular weight excluding hydrogens is 283 g/mol. The number of carbonyl (C=O) groups is 1. The van der Waals surface area contributed by atoms with Crippen molar-refractivity contribution in [1.29, 1.82) is 0 Å². The number of H-pyrrole nitrogens is 1. The fourth-order valence-electron chi connectivity index (χ4n) is 3.00. The van der Waals surface area contributed by atoms with Crippen LogP contribution < -0.4 is 5.73 Å². The number of nitrogens with two attached hydrogens (primary N) is 1. The summed E-state index contributed by atoms with van der Waals surface area (Å²) in [5.74, 6) is -0.620. The predicted octanol–water partition coefficient (Wildman–Crippen LogP) is 1.91. The summed E-state index contributed by atoms with van der Waals surface area (Å²) in [6.45, 7) is 2.19. The summed E-state index contributed by atoms with van der Waals surface area (Å²) in [6, 6.07) is 6.63.